The minimum atomic E-state index is -0.322. The summed E-state index contributed by atoms with van der Waals surface area (Å²) in [6.45, 7) is 1.60. The molecule has 1 unspecified atom stereocenters. The lowest BCUT2D eigenvalue weighted by Gasteiger charge is -2.29. The van der Waals surface area contributed by atoms with Gasteiger partial charge in [-0.15, -0.1) is 0 Å². The Kier molecular flexibility index (Phi) is 5.53. The van der Waals surface area contributed by atoms with Crippen molar-refractivity contribution in [2.24, 2.45) is 0 Å². The first-order chi connectivity index (χ1) is 12.5. The number of rotatable bonds is 4. The van der Waals surface area contributed by atoms with Gasteiger partial charge in [-0.25, -0.2) is 0 Å². The molecule has 3 rings (SSSR count). The fourth-order valence-corrected chi connectivity index (χ4v) is 3.05. The molecule has 1 aromatic carbocycles. The van der Waals surface area contributed by atoms with E-state index in [1.165, 1.54) is 14.7 Å². The van der Waals surface area contributed by atoms with Crippen LogP contribution in [0, 0.1) is 0 Å². The quantitative estimate of drug-likeness (QED) is 0.753. The van der Waals surface area contributed by atoms with Crippen molar-refractivity contribution in [2.75, 3.05) is 58.5 Å². The van der Waals surface area contributed by atoms with E-state index in [-0.39, 0.29) is 36.9 Å². The van der Waals surface area contributed by atoms with Crippen LogP contribution < -0.4 is 4.90 Å². The number of ether oxygens (including phenoxy) is 2. The van der Waals surface area contributed by atoms with Crippen LogP contribution in [0.5, 0.6) is 0 Å². The lowest BCUT2D eigenvalue weighted by Crippen LogP contribution is -2.47. The molecule has 8 nitrogen and oxygen atoms in total. The maximum Gasteiger partial charge on any atom is 0.256 e. The molecule has 3 amide bonds. The van der Waals surface area contributed by atoms with Gasteiger partial charge < -0.3 is 24.2 Å². The lowest BCUT2D eigenvalue weighted by atomic mass is 10.1. The number of likely N-dealkylation sites (N-methyl/N-ethyl adjacent to an activating group) is 2. The summed E-state index contributed by atoms with van der Waals surface area (Å²) in [6.07, 6.45) is -0.175. The molecule has 0 bridgehead atoms. The second kappa shape index (κ2) is 7.84. The van der Waals surface area contributed by atoms with Crippen LogP contribution in [0.15, 0.2) is 24.3 Å². The van der Waals surface area contributed by atoms with Gasteiger partial charge in [0, 0.05) is 20.6 Å². The van der Waals surface area contributed by atoms with Crippen molar-refractivity contribution in [1.29, 1.82) is 0 Å². The van der Waals surface area contributed by atoms with Gasteiger partial charge in [-0.2, -0.15) is 0 Å². The van der Waals surface area contributed by atoms with Crippen LogP contribution in [0.25, 0.3) is 0 Å². The molecule has 2 aliphatic heterocycles. The lowest BCUT2D eigenvalue weighted by molar-refractivity contribution is -0.137. The highest BCUT2D eigenvalue weighted by Gasteiger charge is 2.31. The summed E-state index contributed by atoms with van der Waals surface area (Å²) in [7, 11) is 3.29. The fraction of sp³-hybridized carbons (Fsp3) is 0.500. The van der Waals surface area contributed by atoms with Crippen LogP contribution >= 0.6 is 0 Å². The van der Waals surface area contributed by atoms with E-state index in [1.54, 1.807) is 38.4 Å². The molecule has 1 saturated heterocycles. The monoisotopic (exact) mass is 361 g/mol. The van der Waals surface area contributed by atoms with Gasteiger partial charge in [-0.3, -0.25) is 14.4 Å². The predicted octanol–water partition coefficient (Wildman–Crippen LogP) is -0.0210. The largest absolute Gasteiger partial charge is 0.376 e. The Labute approximate surface area is 152 Å². The van der Waals surface area contributed by atoms with Crippen LogP contribution in [-0.2, 0) is 19.1 Å². The van der Waals surface area contributed by atoms with E-state index in [0.29, 0.717) is 37.6 Å². The predicted molar refractivity (Wildman–Crippen MR) is 94.0 cm³/mol. The zero-order chi connectivity index (χ0) is 18.7. The van der Waals surface area contributed by atoms with Crippen molar-refractivity contribution >= 4 is 23.4 Å². The molecule has 2 heterocycles. The number of carbonyl (C=O) groups is 3. The number of anilines is 1. The molecule has 1 fully saturated rings. The Hall–Kier alpha value is -2.45. The molecule has 2 aliphatic rings. The molecule has 0 radical (unpaired) electrons. The summed E-state index contributed by atoms with van der Waals surface area (Å²) in [5, 5.41) is 0. The van der Waals surface area contributed by atoms with Crippen LogP contribution in [0.3, 0.4) is 0 Å². The summed E-state index contributed by atoms with van der Waals surface area (Å²) in [5.74, 6) is -0.803. The van der Waals surface area contributed by atoms with Crippen molar-refractivity contribution in [3.63, 3.8) is 0 Å². The normalized spacial score (nSPS) is 20.6. The fourth-order valence-electron chi connectivity index (χ4n) is 3.05. The van der Waals surface area contributed by atoms with Gasteiger partial charge >= 0.3 is 0 Å². The first kappa shape index (κ1) is 18.3. The topological polar surface area (TPSA) is 79.4 Å². The Morgan fingerprint density at radius 1 is 1.27 bits per heavy atom. The van der Waals surface area contributed by atoms with E-state index in [9.17, 15) is 14.4 Å². The summed E-state index contributed by atoms with van der Waals surface area (Å²) < 4.78 is 10.9. The zero-order valence-electron chi connectivity index (χ0n) is 15.0. The zero-order valence-corrected chi connectivity index (χ0v) is 15.0. The van der Waals surface area contributed by atoms with Gasteiger partial charge in [0.15, 0.2) is 0 Å². The minimum absolute atomic E-state index is 0.132. The van der Waals surface area contributed by atoms with E-state index < -0.39 is 0 Å². The van der Waals surface area contributed by atoms with Crippen LogP contribution in [-0.4, -0.2) is 87.2 Å². The summed E-state index contributed by atoms with van der Waals surface area (Å²) in [6, 6.07) is 6.91. The van der Waals surface area contributed by atoms with E-state index >= 15 is 0 Å². The molecule has 0 spiro atoms. The molecule has 0 N–H and O–H groups in total. The number of benzene rings is 1. The minimum Gasteiger partial charge on any atom is -0.376 e. The van der Waals surface area contributed by atoms with Crippen molar-refractivity contribution in [2.45, 2.75) is 6.10 Å². The number of para-hydroxylation sites is 1. The number of carbonyl (C=O) groups excluding carboxylic acids is 3. The highest BCUT2D eigenvalue weighted by molar-refractivity contribution is 6.10. The molecule has 8 heteroatoms. The molecule has 140 valence electrons. The van der Waals surface area contributed by atoms with Gasteiger partial charge in [0.05, 0.1) is 37.2 Å². The Morgan fingerprint density at radius 3 is 2.77 bits per heavy atom. The molecule has 26 heavy (non-hydrogen) atoms. The number of hydrogen-bond donors (Lipinski definition) is 0. The van der Waals surface area contributed by atoms with E-state index in [1.807, 2.05) is 0 Å². The second-order valence-electron chi connectivity index (χ2n) is 6.47. The molecule has 1 aromatic rings. The first-order valence-corrected chi connectivity index (χ1v) is 8.55. The second-order valence-corrected chi connectivity index (χ2v) is 6.47. The average Bonchev–Trinajstić information content (AvgIpc) is 2.74. The number of hydrogen-bond acceptors (Lipinski definition) is 5. The van der Waals surface area contributed by atoms with Crippen LogP contribution in [0.4, 0.5) is 5.69 Å². The third kappa shape index (κ3) is 3.86. The highest BCUT2D eigenvalue weighted by atomic mass is 16.6. The van der Waals surface area contributed by atoms with Gasteiger partial charge in [0.2, 0.25) is 11.8 Å². The third-order valence-corrected chi connectivity index (χ3v) is 4.60. The van der Waals surface area contributed by atoms with Crippen LogP contribution in [0.1, 0.15) is 10.4 Å². The number of amides is 3. The Balaban J connectivity index is 1.69. The van der Waals surface area contributed by atoms with Crippen molar-refractivity contribution in [3.05, 3.63) is 29.8 Å². The Bertz CT molecular complexity index is 702. The summed E-state index contributed by atoms with van der Waals surface area (Å²) in [4.78, 5) is 42.0. The van der Waals surface area contributed by atoms with Crippen molar-refractivity contribution in [3.8, 4) is 0 Å². The summed E-state index contributed by atoms with van der Waals surface area (Å²) >= 11 is 0. The highest BCUT2D eigenvalue weighted by Crippen LogP contribution is 2.24. The molecular formula is C18H23N3O5. The smallest absolute Gasteiger partial charge is 0.256 e. The van der Waals surface area contributed by atoms with Crippen molar-refractivity contribution in [1.82, 2.24) is 9.80 Å². The maximum atomic E-state index is 12.8. The van der Waals surface area contributed by atoms with Gasteiger partial charge in [-0.1, -0.05) is 12.1 Å². The van der Waals surface area contributed by atoms with E-state index in [4.69, 9.17) is 9.47 Å². The Morgan fingerprint density at radius 2 is 2.04 bits per heavy atom. The van der Waals surface area contributed by atoms with E-state index in [2.05, 4.69) is 0 Å². The van der Waals surface area contributed by atoms with Gasteiger partial charge in [-0.05, 0) is 12.1 Å². The molecule has 0 saturated carbocycles. The molecule has 0 aromatic heterocycles. The van der Waals surface area contributed by atoms with Gasteiger partial charge in [0.1, 0.15) is 13.1 Å². The van der Waals surface area contributed by atoms with Crippen molar-refractivity contribution < 1.29 is 23.9 Å². The maximum absolute atomic E-state index is 12.8. The van der Waals surface area contributed by atoms with Crippen LogP contribution in [0.2, 0.25) is 0 Å². The third-order valence-electron chi connectivity index (χ3n) is 4.60. The standard InChI is InChI=1S/C18H23N3O5/c1-19(9-13-12-25-7-8-26-13)16(22)10-21-11-17(23)20(2)15-6-4-3-5-14(15)18(21)24/h3-6,13H,7-12H2,1-2H3. The number of fused-ring (bicyclic) bond motifs is 1. The average molecular weight is 361 g/mol. The molecular weight excluding hydrogens is 338 g/mol. The van der Waals surface area contributed by atoms with Gasteiger partial charge in [0.25, 0.3) is 5.91 Å². The van der Waals surface area contributed by atoms with E-state index in [0.717, 1.165) is 0 Å². The molecule has 0 aliphatic carbocycles. The molecule has 1 atom stereocenters. The first-order valence-electron chi connectivity index (χ1n) is 8.55. The number of nitrogens with zero attached hydrogens (tertiary/aromatic N) is 3. The SMILES string of the molecule is CN(CC1COCCO1)C(=O)CN1CC(=O)N(C)c2ccccc2C1=O. The summed E-state index contributed by atoms with van der Waals surface area (Å²) in [5.41, 5.74) is 0.971.